The van der Waals surface area contributed by atoms with Gasteiger partial charge in [0.2, 0.25) is 0 Å². The van der Waals surface area contributed by atoms with Crippen molar-refractivity contribution >= 4 is 33.4 Å². The number of aromatic hydroxyl groups is 1. The first-order valence-electron chi connectivity index (χ1n) is 5.56. The number of carbonyl (C=O) groups excluding carboxylic acids is 2. The number of hydrogen-bond acceptors (Lipinski definition) is 3. The number of halogens is 1. The predicted octanol–water partition coefficient (Wildman–Crippen LogP) is 2.96. The topological polar surface area (TPSA) is 57.6 Å². The van der Waals surface area contributed by atoms with Crippen LogP contribution in [0, 0.1) is 0 Å². The fourth-order valence-electron chi connectivity index (χ4n) is 2.09. The standard InChI is InChI=1S/C14H8BrNO3/c15-8-5-6-11(12(17)7-8)16-13(18)9-3-1-2-4-10(9)14(16)19/h1-7,17H. The van der Waals surface area contributed by atoms with Crippen molar-refractivity contribution in [2.45, 2.75) is 0 Å². The Hall–Kier alpha value is -2.14. The number of anilines is 1. The quantitative estimate of drug-likeness (QED) is 0.823. The van der Waals surface area contributed by atoms with Gasteiger partial charge in [0.25, 0.3) is 11.8 Å². The molecular formula is C14H8BrNO3. The Balaban J connectivity index is 2.14. The summed E-state index contributed by atoms with van der Waals surface area (Å²) in [5.74, 6) is -0.958. The van der Waals surface area contributed by atoms with Crippen LogP contribution >= 0.6 is 15.9 Å². The van der Waals surface area contributed by atoms with Crippen LogP contribution in [0.15, 0.2) is 46.9 Å². The second-order valence-electron chi connectivity index (χ2n) is 4.12. The molecule has 2 aromatic carbocycles. The number of benzene rings is 2. The Labute approximate surface area is 117 Å². The molecule has 94 valence electrons. The molecule has 1 aliphatic rings. The van der Waals surface area contributed by atoms with Crippen LogP contribution in [0.1, 0.15) is 20.7 Å². The molecule has 2 aromatic rings. The van der Waals surface area contributed by atoms with Crippen LogP contribution in [0.5, 0.6) is 5.75 Å². The number of fused-ring (bicyclic) bond motifs is 1. The second-order valence-corrected chi connectivity index (χ2v) is 5.04. The van der Waals surface area contributed by atoms with E-state index in [0.717, 1.165) is 4.90 Å². The summed E-state index contributed by atoms with van der Waals surface area (Å²) in [7, 11) is 0. The number of carbonyl (C=O) groups is 2. The highest BCUT2D eigenvalue weighted by Crippen LogP contribution is 2.35. The van der Waals surface area contributed by atoms with Crippen molar-refractivity contribution in [2.75, 3.05) is 4.90 Å². The van der Waals surface area contributed by atoms with E-state index in [2.05, 4.69) is 15.9 Å². The minimum Gasteiger partial charge on any atom is -0.506 e. The zero-order valence-electron chi connectivity index (χ0n) is 9.63. The number of phenols is 1. The van der Waals surface area contributed by atoms with E-state index in [1.54, 1.807) is 30.3 Å². The monoisotopic (exact) mass is 317 g/mol. The molecule has 0 fully saturated rings. The van der Waals surface area contributed by atoms with Gasteiger partial charge in [0, 0.05) is 4.47 Å². The molecule has 3 rings (SSSR count). The fraction of sp³-hybridized carbons (Fsp3) is 0. The van der Waals surface area contributed by atoms with Crippen LogP contribution in [0.3, 0.4) is 0 Å². The van der Waals surface area contributed by atoms with Crippen LogP contribution in [0.25, 0.3) is 0 Å². The maximum absolute atomic E-state index is 12.2. The lowest BCUT2D eigenvalue weighted by Crippen LogP contribution is -2.29. The number of rotatable bonds is 1. The molecule has 0 bridgehead atoms. The Bertz CT molecular complexity index is 677. The van der Waals surface area contributed by atoms with Crippen molar-refractivity contribution in [3.05, 3.63) is 58.1 Å². The maximum Gasteiger partial charge on any atom is 0.266 e. The third kappa shape index (κ3) is 1.74. The van der Waals surface area contributed by atoms with Gasteiger partial charge in [-0.05, 0) is 30.3 Å². The highest BCUT2D eigenvalue weighted by Gasteiger charge is 2.37. The van der Waals surface area contributed by atoms with E-state index in [1.807, 2.05) is 0 Å². The molecule has 0 saturated carbocycles. The minimum atomic E-state index is -0.418. The second kappa shape index (κ2) is 4.20. The molecule has 19 heavy (non-hydrogen) atoms. The summed E-state index contributed by atoms with van der Waals surface area (Å²) in [5, 5.41) is 9.89. The molecule has 5 heteroatoms. The van der Waals surface area contributed by atoms with E-state index in [4.69, 9.17) is 0 Å². The Morgan fingerprint density at radius 3 is 2.05 bits per heavy atom. The summed E-state index contributed by atoms with van der Waals surface area (Å²) in [6, 6.07) is 11.2. The number of nitrogens with zero attached hydrogens (tertiary/aromatic N) is 1. The first-order valence-corrected chi connectivity index (χ1v) is 6.35. The SMILES string of the molecule is O=C1c2ccccc2C(=O)N1c1ccc(Br)cc1O. The summed E-state index contributed by atoms with van der Waals surface area (Å²) in [6.07, 6.45) is 0. The third-order valence-corrected chi connectivity index (χ3v) is 3.47. The Morgan fingerprint density at radius 1 is 0.947 bits per heavy atom. The largest absolute Gasteiger partial charge is 0.506 e. The van der Waals surface area contributed by atoms with E-state index < -0.39 is 11.8 Å². The fourth-order valence-corrected chi connectivity index (χ4v) is 2.44. The average molecular weight is 318 g/mol. The summed E-state index contributed by atoms with van der Waals surface area (Å²) < 4.78 is 0.672. The normalized spacial score (nSPS) is 13.8. The molecule has 1 N–H and O–H groups in total. The van der Waals surface area contributed by atoms with E-state index >= 15 is 0 Å². The molecule has 0 aromatic heterocycles. The highest BCUT2D eigenvalue weighted by atomic mass is 79.9. The van der Waals surface area contributed by atoms with Gasteiger partial charge in [0.15, 0.2) is 0 Å². The van der Waals surface area contributed by atoms with Gasteiger partial charge in [0.1, 0.15) is 5.75 Å². The molecule has 2 amide bonds. The molecular weight excluding hydrogens is 310 g/mol. The molecule has 0 saturated heterocycles. The molecule has 4 nitrogen and oxygen atoms in total. The number of phenolic OH excluding ortho intramolecular Hbond substituents is 1. The molecule has 1 heterocycles. The van der Waals surface area contributed by atoms with Gasteiger partial charge in [-0.15, -0.1) is 0 Å². The molecule has 0 unspecified atom stereocenters. The van der Waals surface area contributed by atoms with Crippen molar-refractivity contribution < 1.29 is 14.7 Å². The lowest BCUT2D eigenvalue weighted by Gasteiger charge is -2.15. The molecule has 0 aliphatic carbocycles. The van der Waals surface area contributed by atoms with Crippen molar-refractivity contribution in [3.63, 3.8) is 0 Å². The average Bonchev–Trinajstić information content (AvgIpc) is 2.64. The predicted molar refractivity (Wildman–Crippen MR) is 73.4 cm³/mol. The minimum absolute atomic E-state index is 0.121. The Kier molecular flexibility index (Phi) is 2.64. The molecule has 1 aliphatic heterocycles. The van der Waals surface area contributed by atoms with Crippen molar-refractivity contribution in [3.8, 4) is 5.75 Å². The van der Waals surface area contributed by atoms with Gasteiger partial charge < -0.3 is 5.11 Å². The van der Waals surface area contributed by atoms with Crippen LogP contribution in [-0.2, 0) is 0 Å². The van der Waals surface area contributed by atoms with E-state index in [9.17, 15) is 14.7 Å². The smallest absolute Gasteiger partial charge is 0.266 e. The van der Waals surface area contributed by atoms with Gasteiger partial charge in [-0.2, -0.15) is 0 Å². The lowest BCUT2D eigenvalue weighted by atomic mass is 10.1. The summed E-state index contributed by atoms with van der Waals surface area (Å²) in [6.45, 7) is 0. The van der Waals surface area contributed by atoms with Crippen molar-refractivity contribution in [1.82, 2.24) is 0 Å². The van der Waals surface area contributed by atoms with Gasteiger partial charge >= 0.3 is 0 Å². The van der Waals surface area contributed by atoms with Crippen LogP contribution in [0.2, 0.25) is 0 Å². The zero-order valence-corrected chi connectivity index (χ0v) is 11.2. The lowest BCUT2D eigenvalue weighted by molar-refractivity contribution is 0.0925. The first kappa shape index (κ1) is 11.9. The zero-order chi connectivity index (χ0) is 13.6. The van der Waals surface area contributed by atoms with E-state index in [0.29, 0.717) is 15.6 Å². The highest BCUT2D eigenvalue weighted by molar-refractivity contribution is 9.10. The molecule has 0 spiro atoms. The van der Waals surface area contributed by atoms with Crippen LogP contribution < -0.4 is 4.90 Å². The number of imide groups is 1. The van der Waals surface area contributed by atoms with E-state index in [-0.39, 0.29) is 11.4 Å². The summed E-state index contributed by atoms with van der Waals surface area (Å²) in [5.41, 5.74) is 0.902. The number of amides is 2. The van der Waals surface area contributed by atoms with E-state index in [1.165, 1.54) is 12.1 Å². The third-order valence-electron chi connectivity index (χ3n) is 2.97. The van der Waals surface area contributed by atoms with Gasteiger partial charge in [-0.3, -0.25) is 9.59 Å². The van der Waals surface area contributed by atoms with Gasteiger partial charge in [-0.1, -0.05) is 28.1 Å². The van der Waals surface area contributed by atoms with Crippen molar-refractivity contribution in [1.29, 1.82) is 0 Å². The van der Waals surface area contributed by atoms with Gasteiger partial charge in [0.05, 0.1) is 16.8 Å². The summed E-state index contributed by atoms with van der Waals surface area (Å²) >= 11 is 3.22. The van der Waals surface area contributed by atoms with Crippen LogP contribution in [0.4, 0.5) is 5.69 Å². The molecule has 0 radical (unpaired) electrons. The Morgan fingerprint density at radius 2 is 1.53 bits per heavy atom. The summed E-state index contributed by atoms with van der Waals surface area (Å²) in [4.78, 5) is 25.4. The van der Waals surface area contributed by atoms with Gasteiger partial charge in [-0.25, -0.2) is 4.90 Å². The maximum atomic E-state index is 12.2. The molecule has 0 atom stereocenters. The first-order chi connectivity index (χ1) is 9.09. The van der Waals surface area contributed by atoms with Crippen molar-refractivity contribution in [2.24, 2.45) is 0 Å². The van der Waals surface area contributed by atoms with Crippen LogP contribution in [-0.4, -0.2) is 16.9 Å². The number of hydrogen-bond donors (Lipinski definition) is 1.